The third-order valence-electron chi connectivity index (χ3n) is 4.39. The topological polar surface area (TPSA) is 82.7 Å². The van der Waals surface area contributed by atoms with Crippen molar-refractivity contribution in [3.05, 3.63) is 78.1 Å². The molecule has 0 unspecified atom stereocenters. The highest BCUT2D eigenvalue weighted by atomic mass is 16.2. The average Bonchev–Trinajstić information content (AvgIpc) is 3.09. The highest BCUT2D eigenvalue weighted by molar-refractivity contribution is 5.95. The van der Waals surface area contributed by atoms with Crippen LogP contribution in [0.25, 0.3) is 22.2 Å². The Morgan fingerprint density at radius 3 is 2.59 bits per heavy atom. The van der Waals surface area contributed by atoms with Gasteiger partial charge in [-0.2, -0.15) is 5.10 Å². The van der Waals surface area contributed by atoms with E-state index in [1.54, 1.807) is 6.20 Å². The van der Waals surface area contributed by atoms with Crippen molar-refractivity contribution in [2.24, 2.45) is 0 Å². The van der Waals surface area contributed by atoms with Crippen LogP contribution in [0.3, 0.4) is 0 Å². The van der Waals surface area contributed by atoms with Crippen LogP contribution in [0, 0.1) is 6.92 Å². The summed E-state index contributed by atoms with van der Waals surface area (Å²) < 4.78 is 0. The molecule has 0 aliphatic heterocycles. The second kappa shape index (κ2) is 7.29. The fourth-order valence-electron chi connectivity index (χ4n) is 3.03. The molecule has 6 heteroatoms. The van der Waals surface area contributed by atoms with Crippen molar-refractivity contribution >= 4 is 22.8 Å². The summed E-state index contributed by atoms with van der Waals surface area (Å²) in [5.41, 5.74) is 5.58. The van der Waals surface area contributed by atoms with E-state index in [0.29, 0.717) is 12.2 Å². The molecule has 3 N–H and O–H groups in total. The van der Waals surface area contributed by atoms with Crippen LogP contribution in [0.2, 0.25) is 0 Å². The van der Waals surface area contributed by atoms with E-state index in [1.807, 2.05) is 67.6 Å². The predicted octanol–water partition coefficient (Wildman–Crippen LogP) is 4.26. The van der Waals surface area contributed by atoms with Gasteiger partial charge in [-0.25, -0.2) is 9.78 Å². The molecule has 4 aromatic rings. The molecular formula is C21H19N5O. The van der Waals surface area contributed by atoms with Crippen LogP contribution < -0.4 is 10.6 Å². The van der Waals surface area contributed by atoms with Crippen LogP contribution in [0.1, 0.15) is 11.3 Å². The summed E-state index contributed by atoms with van der Waals surface area (Å²) in [7, 11) is 0. The van der Waals surface area contributed by atoms with Gasteiger partial charge in [-0.3, -0.25) is 5.10 Å². The third kappa shape index (κ3) is 3.64. The number of hydrogen-bond donors (Lipinski definition) is 3. The number of hydrogen-bond acceptors (Lipinski definition) is 3. The molecule has 2 aromatic carbocycles. The van der Waals surface area contributed by atoms with Crippen LogP contribution >= 0.6 is 0 Å². The molecule has 0 radical (unpaired) electrons. The van der Waals surface area contributed by atoms with Gasteiger partial charge in [-0.1, -0.05) is 42.5 Å². The molecule has 27 heavy (non-hydrogen) atoms. The number of urea groups is 1. The Balaban J connectivity index is 1.46. The van der Waals surface area contributed by atoms with Gasteiger partial charge in [-0.15, -0.1) is 0 Å². The first-order chi connectivity index (χ1) is 13.2. The number of fused-ring (bicyclic) bond motifs is 1. The lowest BCUT2D eigenvalue weighted by Gasteiger charge is -2.09. The summed E-state index contributed by atoms with van der Waals surface area (Å²) >= 11 is 0. The first-order valence-corrected chi connectivity index (χ1v) is 8.69. The monoisotopic (exact) mass is 357 g/mol. The maximum Gasteiger partial charge on any atom is 0.319 e. The SMILES string of the molecule is Cc1[nH]nc2nccc(-c3ccc(NC(=O)NCc4ccccc4)cc3)c12. The standard InChI is InChI=1S/C21H19N5O/c1-14-19-18(11-12-22-20(19)26-25-14)16-7-9-17(10-8-16)24-21(27)23-13-15-5-3-2-4-6-15/h2-12H,13H2,1H3,(H,22,25,26)(H2,23,24,27). The van der Waals surface area contributed by atoms with Crippen molar-refractivity contribution in [3.63, 3.8) is 0 Å². The molecule has 0 saturated heterocycles. The lowest BCUT2D eigenvalue weighted by atomic mass is 10.0. The number of pyridine rings is 1. The van der Waals surface area contributed by atoms with Crippen molar-refractivity contribution in [1.29, 1.82) is 0 Å². The summed E-state index contributed by atoms with van der Waals surface area (Å²) in [6.07, 6.45) is 1.75. The zero-order valence-corrected chi connectivity index (χ0v) is 14.9. The minimum atomic E-state index is -0.233. The largest absolute Gasteiger partial charge is 0.334 e. The lowest BCUT2D eigenvalue weighted by molar-refractivity contribution is 0.251. The normalized spacial score (nSPS) is 10.7. The number of anilines is 1. The zero-order chi connectivity index (χ0) is 18.6. The Hall–Kier alpha value is -3.67. The van der Waals surface area contributed by atoms with Crippen molar-refractivity contribution in [2.75, 3.05) is 5.32 Å². The molecule has 2 heterocycles. The zero-order valence-electron chi connectivity index (χ0n) is 14.9. The molecule has 134 valence electrons. The molecule has 6 nitrogen and oxygen atoms in total. The number of nitrogens with one attached hydrogen (secondary N) is 3. The molecule has 2 amide bonds. The summed E-state index contributed by atoms with van der Waals surface area (Å²) in [4.78, 5) is 16.4. The van der Waals surface area contributed by atoms with Crippen LogP contribution in [-0.2, 0) is 6.54 Å². The van der Waals surface area contributed by atoms with Gasteiger partial charge in [0.05, 0.1) is 0 Å². The number of rotatable bonds is 4. The minimum Gasteiger partial charge on any atom is -0.334 e. The molecular weight excluding hydrogens is 338 g/mol. The Morgan fingerprint density at radius 1 is 1.04 bits per heavy atom. The number of aryl methyl sites for hydroxylation is 1. The number of amides is 2. The van der Waals surface area contributed by atoms with Crippen LogP contribution in [-0.4, -0.2) is 21.2 Å². The van der Waals surface area contributed by atoms with E-state index in [-0.39, 0.29) is 6.03 Å². The Kier molecular flexibility index (Phi) is 4.53. The van der Waals surface area contributed by atoms with Crippen LogP contribution in [0.5, 0.6) is 0 Å². The molecule has 0 aliphatic rings. The fourth-order valence-corrected chi connectivity index (χ4v) is 3.03. The molecule has 0 fully saturated rings. The summed E-state index contributed by atoms with van der Waals surface area (Å²) in [5.74, 6) is 0. The third-order valence-corrected chi connectivity index (χ3v) is 4.39. The van der Waals surface area contributed by atoms with Gasteiger partial charge in [0.1, 0.15) is 0 Å². The first kappa shape index (κ1) is 16.8. The molecule has 0 bridgehead atoms. The van der Waals surface area contributed by atoms with Crippen molar-refractivity contribution < 1.29 is 4.79 Å². The van der Waals surface area contributed by atoms with Gasteiger partial charge in [0.2, 0.25) is 0 Å². The van der Waals surface area contributed by atoms with Gasteiger partial charge in [0.15, 0.2) is 5.65 Å². The second-order valence-corrected chi connectivity index (χ2v) is 6.28. The summed E-state index contributed by atoms with van der Waals surface area (Å²) in [6.45, 7) is 2.47. The average molecular weight is 357 g/mol. The summed E-state index contributed by atoms with van der Waals surface area (Å²) in [6, 6.07) is 19.3. The van der Waals surface area contributed by atoms with Crippen LogP contribution in [0.4, 0.5) is 10.5 Å². The molecule has 0 spiro atoms. The number of carbonyl (C=O) groups is 1. The Bertz CT molecular complexity index is 1070. The molecule has 0 aliphatic carbocycles. The number of aromatic nitrogens is 3. The highest BCUT2D eigenvalue weighted by Crippen LogP contribution is 2.29. The van der Waals surface area contributed by atoms with Crippen molar-refractivity contribution in [1.82, 2.24) is 20.5 Å². The van der Waals surface area contributed by atoms with E-state index in [2.05, 4.69) is 25.8 Å². The van der Waals surface area contributed by atoms with E-state index >= 15 is 0 Å². The number of benzene rings is 2. The first-order valence-electron chi connectivity index (χ1n) is 8.69. The maximum atomic E-state index is 12.1. The van der Waals surface area contributed by atoms with Gasteiger partial charge >= 0.3 is 6.03 Å². The Morgan fingerprint density at radius 2 is 1.81 bits per heavy atom. The minimum absolute atomic E-state index is 0.233. The Labute approximate surface area is 156 Å². The molecule has 0 atom stereocenters. The molecule has 0 saturated carbocycles. The van der Waals surface area contributed by atoms with Gasteiger partial charge in [0.25, 0.3) is 0 Å². The smallest absolute Gasteiger partial charge is 0.319 e. The van der Waals surface area contributed by atoms with Crippen molar-refractivity contribution in [3.8, 4) is 11.1 Å². The second-order valence-electron chi connectivity index (χ2n) is 6.28. The highest BCUT2D eigenvalue weighted by Gasteiger charge is 2.10. The number of aromatic amines is 1. The van der Waals surface area contributed by atoms with Gasteiger partial charge in [-0.05, 0) is 41.8 Å². The fraction of sp³-hybridized carbons (Fsp3) is 0.0952. The van der Waals surface area contributed by atoms with Crippen molar-refractivity contribution in [2.45, 2.75) is 13.5 Å². The summed E-state index contributed by atoms with van der Waals surface area (Å²) in [5, 5.41) is 13.9. The number of nitrogens with zero attached hydrogens (tertiary/aromatic N) is 2. The number of carbonyl (C=O) groups excluding carboxylic acids is 1. The quantitative estimate of drug-likeness (QED) is 0.510. The molecule has 4 rings (SSSR count). The van der Waals surface area contributed by atoms with E-state index in [0.717, 1.165) is 33.5 Å². The van der Waals surface area contributed by atoms with E-state index in [1.165, 1.54) is 0 Å². The predicted molar refractivity (Wildman–Crippen MR) is 106 cm³/mol. The lowest BCUT2D eigenvalue weighted by Crippen LogP contribution is -2.28. The van der Waals surface area contributed by atoms with Gasteiger partial charge < -0.3 is 10.6 Å². The van der Waals surface area contributed by atoms with E-state index in [4.69, 9.17) is 0 Å². The maximum absolute atomic E-state index is 12.1. The van der Waals surface area contributed by atoms with E-state index in [9.17, 15) is 4.79 Å². The number of H-pyrrole nitrogens is 1. The molecule has 2 aromatic heterocycles. The van der Waals surface area contributed by atoms with Gasteiger partial charge in [0, 0.05) is 29.5 Å². The van der Waals surface area contributed by atoms with E-state index < -0.39 is 0 Å². The van der Waals surface area contributed by atoms with Crippen LogP contribution in [0.15, 0.2) is 66.9 Å².